The van der Waals surface area contributed by atoms with Crippen LogP contribution in [0.5, 0.6) is 0 Å². The lowest BCUT2D eigenvalue weighted by Crippen LogP contribution is -2.57. The van der Waals surface area contributed by atoms with E-state index in [1.54, 1.807) is 0 Å². The SMILES string of the molecule is CC(F)(F)CCC(NC(=O)[C@@H]1C[C@H](C(F)(F)F)CCN1)C(O)C(=O)NC1CC1.Cl. The van der Waals surface area contributed by atoms with Crippen LogP contribution >= 0.6 is 12.4 Å². The zero-order chi connectivity index (χ0) is 21.1. The van der Waals surface area contributed by atoms with Crippen LogP contribution in [0.2, 0.25) is 0 Å². The molecule has 0 aromatic heterocycles. The molecule has 2 fully saturated rings. The Morgan fingerprint density at radius 3 is 2.31 bits per heavy atom. The normalized spacial score (nSPS) is 24.8. The Morgan fingerprint density at radius 2 is 1.79 bits per heavy atom. The van der Waals surface area contributed by atoms with Crippen LogP contribution in [0, 0.1) is 5.92 Å². The molecule has 1 saturated carbocycles. The summed E-state index contributed by atoms with van der Waals surface area (Å²) in [6.45, 7) is 0.643. The molecule has 2 unspecified atom stereocenters. The molecule has 1 aliphatic heterocycles. The van der Waals surface area contributed by atoms with E-state index in [4.69, 9.17) is 0 Å². The first-order chi connectivity index (χ1) is 12.9. The molecule has 4 N–H and O–H groups in total. The van der Waals surface area contributed by atoms with Crippen molar-refractivity contribution in [3.05, 3.63) is 0 Å². The number of carbonyl (C=O) groups excluding carboxylic acids is 2. The minimum absolute atomic E-state index is 0. The lowest BCUT2D eigenvalue weighted by atomic mass is 9.91. The standard InChI is InChI=1S/C17H26F5N3O3.ClH/c1-16(18,19)6-4-11(13(26)15(28)24-10-2-3-10)25-14(27)12-8-9(5-7-23-12)17(20,21)22;/h9-13,23,26H,2-8H2,1H3,(H,24,28)(H,25,27);1H/t9-,11?,12+,13?;/m1./s1. The third-order valence-electron chi connectivity index (χ3n) is 4.98. The Balaban J connectivity index is 0.00000420. The fraction of sp³-hybridized carbons (Fsp3) is 0.882. The number of carbonyl (C=O) groups is 2. The van der Waals surface area contributed by atoms with Crippen LogP contribution in [0.3, 0.4) is 0 Å². The molecule has 1 heterocycles. The number of hydrogen-bond donors (Lipinski definition) is 4. The number of aliphatic hydroxyl groups excluding tert-OH is 1. The number of nitrogens with one attached hydrogen (secondary N) is 3. The van der Waals surface area contributed by atoms with E-state index in [2.05, 4.69) is 16.0 Å². The van der Waals surface area contributed by atoms with Crippen molar-refractivity contribution in [3.63, 3.8) is 0 Å². The molecule has 0 spiro atoms. The van der Waals surface area contributed by atoms with Gasteiger partial charge in [0.05, 0.1) is 18.0 Å². The van der Waals surface area contributed by atoms with Crippen molar-refractivity contribution < 1.29 is 36.6 Å². The molecule has 170 valence electrons. The number of rotatable bonds is 8. The Kier molecular flexibility index (Phi) is 9.10. The lowest BCUT2D eigenvalue weighted by Gasteiger charge is -2.32. The summed E-state index contributed by atoms with van der Waals surface area (Å²) in [7, 11) is 0. The maximum atomic E-state index is 13.2. The van der Waals surface area contributed by atoms with Crippen LogP contribution in [-0.4, -0.2) is 59.8 Å². The van der Waals surface area contributed by atoms with Gasteiger partial charge in [-0.25, -0.2) is 8.78 Å². The molecule has 1 aliphatic carbocycles. The van der Waals surface area contributed by atoms with Crippen LogP contribution in [0.25, 0.3) is 0 Å². The maximum absolute atomic E-state index is 13.2. The van der Waals surface area contributed by atoms with Crippen molar-refractivity contribution in [1.82, 2.24) is 16.0 Å². The highest BCUT2D eigenvalue weighted by Crippen LogP contribution is 2.34. The largest absolute Gasteiger partial charge is 0.391 e. The van der Waals surface area contributed by atoms with Gasteiger partial charge in [-0.05, 0) is 45.6 Å². The molecule has 4 atom stereocenters. The van der Waals surface area contributed by atoms with Crippen molar-refractivity contribution >= 4 is 24.2 Å². The average molecular weight is 452 g/mol. The smallest absolute Gasteiger partial charge is 0.381 e. The summed E-state index contributed by atoms with van der Waals surface area (Å²) in [4.78, 5) is 24.4. The Bertz CT molecular complexity index is 569. The van der Waals surface area contributed by atoms with E-state index in [1.165, 1.54) is 0 Å². The van der Waals surface area contributed by atoms with E-state index >= 15 is 0 Å². The molecule has 29 heavy (non-hydrogen) atoms. The molecular weight excluding hydrogens is 425 g/mol. The molecule has 1 saturated heterocycles. The summed E-state index contributed by atoms with van der Waals surface area (Å²) < 4.78 is 65.2. The molecule has 0 aromatic rings. The highest BCUT2D eigenvalue weighted by Gasteiger charge is 2.44. The van der Waals surface area contributed by atoms with Crippen molar-refractivity contribution in [2.24, 2.45) is 5.92 Å². The molecule has 6 nitrogen and oxygen atoms in total. The first-order valence-electron chi connectivity index (χ1n) is 9.33. The molecule has 12 heteroatoms. The molecule has 2 rings (SSSR count). The van der Waals surface area contributed by atoms with Gasteiger partial charge < -0.3 is 21.1 Å². The van der Waals surface area contributed by atoms with Gasteiger partial charge in [-0.2, -0.15) is 13.2 Å². The number of piperidine rings is 1. The van der Waals surface area contributed by atoms with Crippen molar-refractivity contribution in [3.8, 4) is 0 Å². The quantitative estimate of drug-likeness (QED) is 0.424. The molecule has 2 amide bonds. The van der Waals surface area contributed by atoms with Gasteiger partial charge >= 0.3 is 6.18 Å². The van der Waals surface area contributed by atoms with E-state index in [0.29, 0.717) is 6.92 Å². The van der Waals surface area contributed by atoms with E-state index in [-0.39, 0.29) is 31.4 Å². The van der Waals surface area contributed by atoms with E-state index in [1.807, 2.05) is 0 Å². The Morgan fingerprint density at radius 1 is 1.17 bits per heavy atom. The zero-order valence-corrected chi connectivity index (χ0v) is 16.7. The zero-order valence-electron chi connectivity index (χ0n) is 15.9. The van der Waals surface area contributed by atoms with Gasteiger partial charge in [-0.3, -0.25) is 9.59 Å². The van der Waals surface area contributed by atoms with Crippen LogP contribution in [-0.2, 0) is 9.59 Å². The van der Waals surface area contributed by atoms with Gasteiger partial charge in [0.1, 0.15) is 0 Å². The predicted molar refractivity (Wildman–Crippen MR) is 96.8 cm³/mol. The van der Waals surface area contributed by atoms with Crippen molar-refractivity contribution in [1.29, 1.82) is 0 Å². The van der Waals surface area contributed by atoms with E-state index < -0.39 is 67.3 Å². The molecule has 2 aliphatic rings. The number of halogens is 6. The van der Waals surface area contributed by atoms with E-state index in [0.717, 1.165) is 12.8 Å². The van der Waals surface area contributed by atoms with Gasteiger partial charge in [0.2, 0.25) is 11.8 Å². The fourth-order valence-corrected chi connectivity index (χ4v) is 3.11. The highest BCUT2D eigenvalue weighted by atomic mass is 35.5. The van der Waals surface area contributed by atoms with Crippen LogP contribution in [0.15, 0.2) is 0 Å². The van der Waals surface area contributed by atoms with Crippen LogP contribution < -0.4 is 16.0 Å². The second-order valence-electron chi connectivity index (χ2n) is 7.72. The maximum Gasteiger partial charge on any atom is 0.391 e. The summed E-state index contributed by atoms with van der Waals surface area (Å²) >= 11 is 0. The van der Waals surface area contributed by atoms with Gasteiger partial charge in [0.25, 0.3) is 5.91 Å². The first kappa shape index (κ1) is 25.8. The molecule has 0 bridgehead atoms. The van der Waals surface area contributed by atoms with Crippen LogP contribution in [0.4, 0.5) is 22.0 Å². The van der Waals surface area contributed by atoms with Gasteiger partial charge in [-0.1, -0.05) is 0 Å². The topological polar surface area (TPSA) is 90.5 Å². The van der Waals surface area contributed by atoms with Gasteiger partial charge in [0.15, 0.2) is 6.10 Å². The first-order valence-corrected chi connectivity index (χ1v) is 9.33. The lowest BCUT2D eigenvalue weighted by molar-refractivity contribution is -0.183. The number of amides is 2. The molecule has 0 aromatic carbocycles. The third kappa shape index (κ3) is 8.59. The number of aliphatic hydroxyl groups is 1. The monoisotopic (exact) mass is 451 g/mol. The van der Waals surface area contributed by atoms with E-state index in [9.17, 15) is 36.6 Å². The summed E-state index contributed by atoms with van der Waals surface area (Å²) in [5, 5.41) is 17.7. The van der Waals surface area contributed by atoms with Crippen molar-refractivity contribution in [2.45, 2.75) is 81.8 Å². The summed E-state index contributed by atoms with van der Waals surface area (Å²) in [5.74, 6) is -6.38. The Labute approximate surface area is 171 Å². The van der Waals surface area contributed by atoms with Crippen LogP contribution in [0.1, 0.15) is 45.4 Å². The second-order valence-corrected chi connectivity index (χ2v) is 7.72. The molecular formula is C17H27ClF5N3O3. The Hall–Kier alpha value is -1.20. The second kappa shape index (κ2) is 10.2. The minimum atomic E-state index is -4.44. The number of hydrogen-bond acceptors (Lipinski definition) is 4. The van der Waals surface area contributed by atoms with Gasteiger partial charge in [0, 0.05) is 12.5 Å². The minimum Gasteiger partial charge on any atom is -0.381 e. The predicted octanol–water partition coefficient (Wildman–Crippen LogP) is 1.90. The number of alkyl halides is 5. The van der Waals surface area contributed by atoms with Gasteiger partial charge in [-0.15, -0.1) is 12.4 Å². The van der Waals surface area contributed by atoms with Crippen molar-refractivity contribution in [2.75, 3.05) is 6.54 Å². The summed E-state index contributed by atoms with van der Waals surface area (Å²) in [6.07, 6.45) is -6.47. The summed E-state index contributed by atoms with van der Waals surface area (Å²) in [5.41, 5.74) is 0. The fourth-order valence-electron chi connectivity index (χ4n) is 3.11. The third-order valence-corrected chi connectivity index (χ3v) is 4.98. The average Bonchev–Trinajstić information content (AvgIpc) is 3.40. The summed E-state index contributed by atoms with van der Waals surface area (Å²) in [6, 6.07) is -2.59. The molecule has 0 radical (unpaired) electrons. The highest BCUT2D eigenvalue weighted by molar-refractivity contribution is 5.86.